The molecule has 0 fully saturated rings. The lowest BCUT2D eigenvalue weighted by molar-refractivity contribution is -0.454. The van der Waals surface area contributed by atoms with Gasteiger partial charge in [-0.15, -0.1) is 0 Å². The topological polar surface area (TPSA) is 128 Å². The van der Waals surface area contributed by atoms with Crippen LogP contribution < -0.4 is 15.9 Å². The van der Waals surface area contributed by atoms with Crippen LogP contribution in [0, 0.1) is 0 Å². The second-order valence-electron chi connectivity index (χ2n) is 1.69. The molecule has 0 unspecified atom stereocenters. The summed E-state index contributed by atoms with van der Waals surface area (Å²) < 4.78 is 0. The number of carboxylic acid groups (broad SMARTS) is 2. The van der Waals surface area contributed by atoms with Crippen molar-refractivity contribution in [1.29, 1.82) is 0 Å². The number of carboxylic acids is 2. The highest BCUT2D eigenvalue weighted by atomic mass is 16.4. The van der Waals surface area contributed by atoms with Crippen LogP contribution in [0.1, 0.15) is 0 Å². The fourth-order valence-corrected chi connectivity index (χ4v) is 0.293. The van der Waals surface area contributed by atoms with E-state index in [2.05, 4.69) is 5.73 Å². The van der Waals surface area contributed by atoms with Crippen LogP contribution >= 0.6 is 0 Å². The molecule has 0 bridgehead atoms. The summed E-state index contributed by atoms with van der Waals surface area (Å²) in [6.07, 6.45) is -2.11. The standard InChI is InChI=1S/C4H7NO5/c5-1(3(7)8)2(6)4(9)10/h1-2,6H,5H2,(H,7,8)(H,9,10)/p-1/t1-,2-/m1/s1. The summed E-state index contributed by atoms with van der Waals surface area (Å²) >= 11 is 0. The van der Waals surface area contributed by atoms with Gasteiger partial charge in [0, 0.05) is 0 Å². The predicted octanol–water partition coefficient (Wildman–Crippen LogP) is -5.54. The van der Waals surface area contributed by atoms with Crippen LogP contribution in [0.2, 0.25) is 0 Å². The van der Waals surface area contributed by atoms with Crippen molar-refractivity contribution in [2.75, 3.05) is 0 Å². The molecule has 0 amide bonds. The largest absolute Gasteiger partial charge is 0.547 e. The molecule has 0 spiro atoms. The summed E-state index contributed by atoms with van der Waals surface area (Å²) in [6, 6.07) is -1.69. The molecule has 0 aliphatic carbocycles. The van der Waals surface area contributed by atoms with Crippen molar-refractivity contribution in [1.82, 2.24) is 0 Å². The van der Waals surface area contributed by atoms with Gasteiger partial charge in [0.25, 0.3) is 0 Å². The molecule has 0 aromatic rings. The molecule has 0 aliphatic rings. The summed E-state index contributed by atoms with van der Waals surface area (Å²) in [5, 5.41) is 28.0. The van der Waals surface area contributed by atoms with Crippen LogP contribution in [0.3, 0.4) is 0 Å². The molecular formula is C4H6NO5-. The van der Waals surface area contributed by atoms with E-state index in [1.807, 2.05) is 0 Å². The molecule has 2 atom stereocenters. The molecule has 0 saturated heterocycles. The van der Waals surface area contributed by atoms with Gasteiger partial charge in [-0.25, -0.2) is 0 Å². The molecular weight excluding hydrogens is 142 g/mol. The molecule has 6 heteroatoms. The van der Waals surface area contributed by atoms with Crippen LogP contribution in [0.25, 0.3) is 0 Å². The van der Waals surface area contributed by atoms with Crippen LogP contribution in [-0.2, 0) is 9.59 Å². The van der Waals surface area contributed by atoms with Gasteiger partial charge < -0.3 is 30.6 Å². The van der Waals surface area contributed by atoms with Crippen molar-refractivity contribution < 1.29 is 30.6 Å². The SMILES string of the molecule is [NH3+][C@@H](C(=O)[O-])[C@@H](O)C(=O)[O-]. The first-order valence-electron chi connectivity index (χ1n) is 2.39. The lowest BCUT2D eigenvalue weighted by atomic mass is 10.2. The number of carbonyl (C=O) groups excluding carboxylic acids is 2. The van der Waals surface area contributed by atoms with Gasteiger partial charge in [0.2, 0.25) is 0 Å². The molecule has 0 aliphatic heterocycles. The van der Waals surface area contributed by atoms with E-state index >= 15 is 0 Å². The number of hydrogen-bond donors (Lipinski definition) is 2. The minimum absolute atomic E-state index is 1.69. The Bertz CT molecular complexity index is 138. The Morgan fingerprint density at radius 1 is 1.30 bits per heavy atom. The van der Waals surface area contributed by atoms with Crippen molar-refractivity contribution >= 4 is 11.9 Å². The molecule has 58 valence electrons. The number of rotatable bonds is 3. The number of aliphatic hydroxyl groups excluding tert-OH is 1. The molecule has 10 heavy (non-hydrogen) atoms. The van der Waals surface area contributed by atoms with Crippen molar-refractivity contribution in [3.8, 4) is 0 Å². The summed E-state index contributed by atoms with van der Waals surface area (Å²) in [5.41, 5.74) is 2.83. The summed E-state index contributed by atoms with van der Waals surface area (Å²) in [4.78, 5) is 19.6. The fourth-order valence-electron chi connectivity index (χ4n) is 0.293. The maximum Gasteiger partial charge on any atom is 0.156 e. The quantitative estimate of drug-likeness (QED) is 0.412. The van der Waals surface area contributed by atoms with Crippen molar-refractivity contribution in [3.05, 3.63) is 0 Å². The first kappa shape index (κ1) is 8.86. The van der Waals surface area contributed by atoms with Crippen LogP contribution in [0.5, 0.6) is 0 Å². The van der Waals surface area contributed by atoms with E-state index in [1.54, 1.807) is 0 Å². The fraction of sp³-hybridized carbons (Fsp3) is 0.500. The third kappa shape index (κ3) is 2.00. The van der Waals surface area contributed by atoms with E-state index in [1.165, 1.54) is 0 Å². The number of hydrogen-bond acceptors (Lipinski definition) is 5. The molecule has 0 aromatic heterocycles. The van der Waals surface area contributed by atoms with Crippen LogP contribution in [0.15, 0.2) is 0 Å². The summed E-state index contributed by atoms with van der Waals surface area (Å²) in [5.74, 6) is -3.60. The van der Waals surface area contributed by atoms with Gasteiger partial charge in [-0.05, 0) is 0 Å². The monoisotopic (exact) mass is 148 g/mol. The van der Waals surface area contributed by atoms with Gasteiger partial charge in [-0.2, -0.15) is 0 Å². The van der Waals surface area contributed by atoms with Crippen LogP contribution in [0.4, 0.5) is 0 Å². The maximum absolute atomic E-state index is 9.82. The first-order valence-corrected chi connectivity index (χ1v) is 2.39. The molecule has 0 aromatic carbocycles. The third-order valence-electron chi connectivity index (χ3n) is 0.925. The van der Waals surface area contributed by atoms with Gasteiger partial charge in [-0.3, -0.25) is 0 Å². The number of aliphatic hydroxyl groups is 1. The Hall–Kier alpha value is -1.14. The van der Waals surface area contributed by atoms with Gasteiger partial charge >= 0.3 is 0 Å². The maximum atomic E-state index is 9.82. The summed E-state index contributed by atoms with van der Waals surface area (Å²) in [6.45, 7) is 0. The zero-order chi connectivity index (χ0) is 8.31. The van der Waals surface area contributed by atoms with Gasteiger partial charge in [0.1, 0.15) is 5.97 Å². The Labute approximate surface area is 55.9 Å². The van der Waals surface area contributed by atoms with Gasteiger partial charge in [0.05, 0.1) is 5.97 Å². The highest BCUT2D eigenvalue weighted by Gasteiger charge is 2.19. The van der Waals surface area contributed by atoms with Crippen LogP contribution in [-0.4, -0.2) is 29.2 Å². The lowest BCUT2D eigenvalue weighted by Gasteiger charge is -2.16. The van der Waals surface area contributed by atoms with E-state index < -0.39 is 24.1 Å². The highest BCUT2D eigenvalue weighted by molar-refractivity contribution is 5.80. The predicted molar refractivity (Wildman–Crippen MR) is 22.7 cm³/mol. The molecule has 4 N–H and O–H groups in total. The Kier molecular flexibility index (Phi) is 2.78. The van der Waals surface area contributed by atoms with Gasteiger partial charge in [-0.1, -0.05) is 0 Å². The van der Waals surface area contributed by atoms with E-state index in [9.17, 15) is 19.8 Å². The normalized spacial score (nSPS) is 15.8. The van der Waals surface area contributed by atoms with E-state index in [0.29, 0.717) is 0 Å². The minimum Gasteiger partial charge on any atom is -0.547 e. The molecule has 0 saturated carbocycles. The highest BCUT2D eigenvalue weighted by Crippen LogP contribution is 1.83. The van der Waals surface area contributed by atoms with E-state index in [4.69, 9.17) is 5.11 Å². The zero-order valence-electron chi connectivity index (χ0n) is 4.94. The molecule has 0 rings (SSSR count). The Balaban J connectivity index is 4.07. The second kappa shape index (κ2) is 3.14. The number of quaternary nitrogens is 1. The third-order valence-corrected chi connectivity index (χ3v) is 0.925. The van der Waals surface area contributed by atoms with E-state index in [0.717, 1.165) is 0 Å². The van der Waals surface area contributed by atoms with E-state index in [-0.39, 0.29) is 0 Å². The number of carbonyl (C=O) groups is 2. The molecule has 0 heterocycles. The lowest BCUT2D eigenvalue weighted by Crippen LogP contribution is -2.75. The van der Waals surface area contributed by atoms with Crippen molar-refractivity contribution in [2.24, 2.45) is 0 Å². The number of aliphatic carboxylic acids is 2. The summed E-state index contributed by atoms with van der Waals surface area (Å²) in [7, 11) is 0. The van der Waals surface area contributed by atoms with Crippen molar-refractivity contribution in [2.45, 2.75) is 12.1 Å². The average molecular weight is 148 g/mol. The minimum atomic E-state index is -2.11. The Morgan fingerprint density at radius 2 is 1.70 bits per heavy atom. The Morgan fingerprint density at radius 3 is 1.80 bits per heavy atom. The molecule has 0 radical (unpaired) electrons. The second-order valence-corrected chi connectivity index (χ2v) is 1.69. The van der Waals surface area contributed by atoms with Gasteiger partial charge in [0.15, 0.2) is 12.1 Å². The van der Waals surface area contributed by atoms with Crippen molar-refractivity contribution in [3.63, 3.8) is 0 Å². The average Bonchev–Trinajstić information content (AvgIpc) is 1.84. The first-order chi connectivity index (χ1) is 4.46. The smallest absolute Gasteiger partial charge is 0.156 e. The zero-order valence-corrected chi connectivity index (χ0v) is 4.94. The molecule has 6 nitrogen and oxygen atoms in total.